The molecule has 1 aliphatic carbocycles. The smallest absolute Gasteiger partial charge is 0.227 e. The Morgan fingerprint density at radius 1 is 1.00 bits per heavy atom. The predicted molar refractivity (Wildman–Crippen MR) is 111 cm³/mol. The first-order valence-corrected chi connectivity index (χ1v) is 10.5. The van der Waals surface area contributed by atoms with Gasteiger partial charge in [-0.2, -0.15) is 0 Å². The van der Waals surface area contributed by atoms with E-state index in [0.29, 0.717) is 0 Å². The zero-order chi connectivity index (χ0) is 18.6. The van der Waals surface area contributed by atoms with Gasteiger partial charge in [-0.05, 0) is 68.3 Å². The number of para-hydroxylation sites is 1. The van der Waals surface area contributed by atoms with Gasteiger partial charge in [-0.25, -0.2) is 0 Å². The van der Waals surface area contributed by atoms with Gasteiger partial charge in [0.1, 0.15) is 0 Å². The number of aromatic nitrogens is 1. The third-order valence-corrected chi connectivity index (χ3v) is 6.16. The molecule has 0 bridgehead atoms. The number of piperazine rings is 1. The number of hydrogen-bond acceptors (Lipinski definition) is 3. The van der Waals surface area contributed by atoms with Crippen LogP contribution >= 0.6 is 0 Å². The van der Waals surface area contributed by atoms with Crippen LogP contribution in [0.2, 0.25) is 0 Å². The lowest BCUT2D eigenvalue weighted by Gasteiger charge is -2.36. The lowest BCUT2D eigenvalue weighted by molar-refractivity contribution is 0.0933. The monoisotopic (exact) mass is 365 g/mol. The molecule has 0 N–H and O–H groups in total. The number of carbonyl (C=O) groups excluding carboxylic acids is 1. The van der Waals surface area contributed by atoms with E-state index < -0.39 is 0 Å². The Labute approximate surface area is 162 Å². The lowest BCUT2D eigenvalue weighted by Crippen LogP contribution is -2.46. The summed E-state index contributed by atoms with van der Waals surface area (Å²) in [6, 6.07) is 10.7. The lowest BCUT2D eigenvalue weighted by atomic mass is 9.93. The minimum Gasteiger partial charge on any atom is -0.369 e. The molecular weight excluding hydrogens is 334 g/mol. The van der Waals surface area contributed by atoms with Crippen molar-refractivity contribution in [3.8, 4) is 0 Å². The Hall–Kier alpha value is -2.07. The number of nitrogens with zero attached hydrogens (tertiary/aromatic N) is 3. The minimum atomic E-state index is 0.163. The van der Waals surface area contributed by atoms with Crippen LogP contribution in [0.5, 0.6) is 0 Å². The van der Waals surface area contributed by atoms with Crippen LogP contribution in [0, 0.1) is 0 Å². The summed E-state index contributed by atoms with van der Waals surface area (Å²) in [7, 11) is 0. The van der Waals surface area contributed by atoms with E-state index in [9.17, 15) is 4.79 Å². The number of fused-ring (bicyclic) bond motifs is 1. The maximum Gasteiger partial charge on any atom is 0.227 e. The van der Waals surface area contributed by atoms with Gasteiger partial charge in [0.2, 0.25) is 5.91 Å². The third-order valence-electron chi connectivity index (χ3n) is 6.16. The molecule has 1 aliphatic heterocycles. The Bertz CT molecular complexity index is 772. The molecule has 4 nitrogen and oxygen atoms in total. The van der Waals surface area contributed by atoms with Crippen molar-refractivity contribution in [1.29, 1.82) is 0 Å². The second-order valence-corrected chi connectivity index (χ2v) is 7.94. The second-order valence-electron chi connectivity index (χ2n) is 7.94. The van der Waals surface area contributed by atoms with Gasteiger partial charge < -0.3 is 4.90 Å². The largest absolute Gasteiger partial charge is 0.369 e. The highest BCUT2D eigenvalue weighted by Gasteiger charge is 2.21. The van der Waals surface area contributed by atoms with Crippen molar-refractivity contribution in [3.63, 3.8) is 0 Å². The van der Waals surface area contributed by atoms with E-state index in [0.717, 1.165) is 52.0 Å². The maximum absolute atomic E-state index is 11.9. The highest BCUT2D eigenvalue weighted by atomic mass is 16.1. The van der Waals surface area contributed by atoms with Gasteiger partial charge in [-0.1, -0.05) is 18.2 Å². The molecule has 1 aromatic carbocycles. The molecule has 4 rings (SSSR count). The summed E-state index contributed by atoms with van der Waals surface area (Å²) in [5, 5.41) is 0. The summed E-state index contributed by atoms with van der Waals surface area (Å²) in [5.41, 5.74) is 5.53. The first-order valence-electron chi connectivity index (χ1n) is 10.5. The molecule has 0 unspecified atom stereocenters. The van der Waals surface area contributed by atoms with Crippen LogP contribution < -0.4 is 4.90 Å². The molecule has 4 heteroatoms. The average Bonchev–Trinajstić information content (AvgIpc) is 3.08. The summed E-state index contributed by atoms with van der Waals surface area (Å²) < 4.78 is 1.92. The van der Waals surface area contributed by atoms with E-state index in [1.54, 1.807) is 6.92 Å². The molecule has 2 aliphatic rings. The van der Waals surface area contributed by atoms with Crippen molar-refractivity contribution in [2.75, 3.05) is 37.6 Å². The standard InChI is InChI=1S/C23H31N3O/c1-19(27)26-18-20(22-11-5-6-12-23(22)26)8-7-13-24-14-16-25(17-15-24)21-9-3-2-4-10-21/h2-4,9-10,18H,5-8,11-17H2,1H3. The van der Waals surface area contributed by atoms with Gasteiger partial charge in [-0.3, -0.25) is 14.3 Å². The van der Waals surface area contributed by atoms with E-state index in [1.165, 1.54) is 41.8 Å². The van der Waals surface area contributed by atoms with Gasteiger partial charge in [-0.15, -0.1) is 0 Å². The van der Waals surface area contributed by atoms with Crippen molar-refractivity contribution < 1.29 is 4.79 Å². The van der Waals surface area contributed by atoms with Crippen molar-refractivity contribution >= 4 is 11.6 Å². The van der Waals surface area contributed by atoms with Crippen LogP contribution in [0.15, 0.2) is 36.5 Å². The van der Waals surface area contributed by atoms with Crippen LogP contribution in [0.3, 0.4) is 0 Å². The molecule has 0 atom stereocenters. The molecule has 144 valence electrons. The van der Waals surface area contributed by atoms with Crippen LogP contribution in [0.1, 0.15) is 47.8 Å². The fourth-order valence-electron chi connectivity index (χ4n) is 4.67. The topological polar surface area (TPSA) is 28.5 Å². The molecule has 2 aromatic rings. The molecular formula is C23H31N3O. The van der Waals surface area contributed by atoms with Gasteiger partial charge in [0.25, 0.3) is 0 Å². The number of carbonyl (C=O) groups is 1. The fourth-order valence-corrected chi connectivity index (χ4v) is 4.67. The predicted octanol–water partition coefficient (Wildman–Crippen LogP) is 3.78. The molecule has 1 saturated heterocycles. The average molecular weight is 366 g/mol. The summed E-state index contributed by atoms with van der Waals surface area (Å²) in [5.74, 6) is 0.163. The SMILES string of the molecule is CC(=O)n1cc(CCCN2CCN(c3ccccc3)CC2)c2c1CCCC2. The Morgan fingerprint density at radius 3 is 2.48 bits per heavy atom. The molecule has 1 fully saturated rings. The van der Waals surface area contributed by atoms with Gasteiger partial charge in [0.15, 0.2) is 0 Å². The van der Waals surface area contributed by atoms with Crippen LogP contribution in [0.25, 0.3) is 0 Å². The molecule has 1 aromatic heterocycles. The van der Waals surface area contributed by atoms with Crippen molar-refractivity contribution in [1.82, 2.24) is 9.47 Å². The van der Waals surface area contributed by atoms with Gasteiger partial charge >= 0.3 is 0 Å². The highest BCUT2D eigenvalue weighted by molar-refractivity contribution is 5.78. The summed E-state index contributed by atoms with van der Waals surface area (Å²) in [6.45, 7) is 7.34. The van der Waals surface area contributed by atoms with Crippen LogP contribution in [-0.2, 0) is 19.3 Å². The third kappa shape index (κ3) is 4.11. The Morgan fingerprint density at radius 2 is 1.74 bits per heavy atom. The summed E-state index contributed by atoms with van der Waals surface area (Å²) >= 11 is 0. The molecule has 0 amide bonds. The summed E-state index contributed by atoms with van der Waals surface area (Å²) in [4.78, 5) is 17.0. The first kappa shape index (κ1) is 18.3. The number of aryl methyl sites for hydroxylation is 1. The molecule has 2 heterocycles. The molecule has 0 saturated carbocycles. The van der Waals surface area contributed by atoms with E-state index in [-0.39, 0.29) is 5.91 Å². The quantitative estimate of drug-likeness (QED) is 0.807. The van der Waals surface area contributed by atoms with E-state index in [4.69, 9.17) is 0 Å². The van der Waals surface area contributed by atoms with E-state index in [2.05, 4.69) is 46.3 Å². The van der Waals surface area contributed by atoms with E-state index >= 15 is 0 Å². The van der Waals surface area contributed by atoms with E-state index in [1.807, 2.05) is 4.57 Å². The number of rotatable bonds is 5. The molecule has 0 spiro atoms. The number of hydrogen-bond donors (Lipinski definition) is 0. The number of anilines is 1. The fraction of sp³-hybridized carbons (Fsp3) is 0.522. The van der Waals surface area contributed by atoms with Crippen LogP contribution in [-0.4, -0.2) is 48.1 Å². The van der Waals surface area contributed by atoms with Crippen molar-refractivity contribution in [2.24, 2.45) is 0 Å². The maximum atomic E-state index is 11.9. The highest BCUT2D eigenvalue weighted by Crippen LogP contribution is 2.27. The second kappa shape index (κ2) is 8.30. The summed E-state index contributed by atoms with van der Waals surface area (Å²) in [6.07, 6.45) is 9.11. The Kier molecular flexibility index (Phi) is 5.63. The normalized spacial score (nSPS) is 17.7. The Balaban J connectivity index is 1.29. The number of benzene rings is 1. The first-order chi connectivity index (χ1) is 13.2. The van der Waals surface area contributed by atoms with Crippen molar-refractivity contribution in [3.05, 3.63) is 53.3 Å². The van der Waals surface area contributed by atoms with Gasteiger partial charge in [0.05, 0.1) is 0 Å². The molecule has 0 radical (unpaired) electrons. The van der Waals surface area contributed by atoms with Crippen molar-refractivity contribution in [2.45, 2.75) is 45.4 Å². The van der Waals surface area contributed by atoms with Crippen LogP contribution in [0.4, 0.5) is 5.69 Å². The zero-order valence-corrected chi connectivity index (χ0v) is 16.5. The minimum absolute atomic E-state index is 0.163. The zero-order valence-electron chi connectivity index (χ0n) is 16.5. The molecule has 27 heavy (non-hydrogen) atoms. The van der Waals surface area contributed by atoms with Gasteiger partial charge in [0, 0.05) is 50.7 Å².